The topological polar surface area (TPSA) is 60.7 Å². The van der Waals surface area contributed by atoms with Crippen LogP contribution in [-0.4, -0.2) is 29.4 Å². The van der Waals surface area contributed by atoms with E-state index < -0.39 is 12.2 Å². The molecule has 2 aromatic rings. The highest BCUT2D eigenvalue weighted by atomic mass is 16.5. The molecule has 1 aliphatic rings. The zero-order chi connectivity index (χ0) is 12.7. The standard InChI is InChI=1S/C13H13NO4/c1-17-13(16)11-8-4-2-3-5-9(8)14-10(15)6-7-18-12(11)14/h2-5,10,15H,6-7H2,1H3. The van der Waals surface area contributed by atoms with Crippen LogP contribution in [0.2, 0.25) is 0 Å². The lowest BCUT2D eigenvalue weighted by molar-refractivity contribution is 0.0413. The third-order valence-electron chi connectivity index (χ3n) is 3.17. The number of para-hydroxylation sites is 1. The van der Waals surface area contributed by atoms with Crippen molar-refractivity contribution in [2.75, 3.05) is 13.7 Å². The fourth-order valence-corrected chi connectivity index (χ4v) is 2.37. The molecule has 2 heterocycles. The van der Waals surface area contributed by atoms with Crippen molar-refractivity contribution in [2.45, 2.75) is 12.6 Å². The first kappa shape index (κ1) is 11.1. The van der Waals surface area contributed by atoms with Crippen LogP contribution in [0.3, 0.4) is 0 Å². The first-order valence-corrected chi connectivity index (χ1v) is 5.76. The second-order valence-corrected chi connectivity index (χ2v) is 4.18. The van der Waals surface area contributed by atoms with Gasteiger partial charge in [-0.05, 0) is 6.07 Å². The zero-order valence-electron chi connectivity index (χ0n) is 9.92. The van der Waals surface area contributed by atoms with Gasteiger partial charge in [-0.2, -0.15) is 0 Å². The van der Waals surface area contributed by atoms with Gasteiger partial charge in [-0.25, -0.2) is 4.79 Å². The molecule has 0 saturated carbocycles. The number of aliphatic hydroxyl groups excluding tert-OH is 1. The number of hydrogen-bond donors (Lipinski definition) is 1. The van der Waals surface area contributed by atoms with Crippen LogP contribution in [0.5, 0.6) is 5.88 Å². The van der Waals surface area contributed by atoms with Crippen molar-refractivity contribution in [3.8, 4) is 5.88 Å². The molecule has 3 rings (SSSR count). The smallest absolute Gasteiger partial charge is 0.344 e. The van der Waals surface area contributed by atoms with E-state index in [2.05, 4.69) is 0 Å². The molecule has 5 heteroatoms. The number of esters is 1. The highest BCUT2D eigenvalue weighted by molar-refractivity contribution is 6.07. The Labute approximate surface area is 104 Å². The number of rotatable bonds is 1. The lowest BCUT2D eigenvalue weighted by atomic mass is 10.2. The van der Waals surface area contributed by atoms with Crippen LogP contribution >= 0.6 is 0 Å². The number of ether oxygens (including phenoxy) is 2. The molecule has 94 valence electrons. The number of aromatic nitrogens is 1. The van der Waals surface area contributed by atoms with E-state index in [-0.39, 0.29) is 0 Å². The Bertz CT molecular complexity index is 617. The first-order valence-electron chi connectivity index (χ1n) is 5.76. The van der Waals surface area contributed by atoms with E-state index in [1.54, 1.807) is 4.57 Å². The maximum Gasteiger partial charge on any atom is 0.344 e. The summed E-state index contributed by atoms with van der Waals surface area (Å²) in [5.74, 6) is -0.0594. The van der Waals surface area contributed by atoms with E-state index in [0.29, 0.717) is 24.5 Å². The molecular formula is C13H13NO4. The Kier molecular flexibility index (Phi) is 2.48. The van der Waals surface area contributed by atoms with E-state index in [4.69, 9.17) is 9.47 Å². The number of carbonyl (C=O) groups excluding carboxylic acids is 1. The van der Waals surface area contributed by atoms with E-state index in [0.717, 1.165) is 10.9 Å². The molecule has 1 aromatic heterocycles. The first-order chi connectivity index (χ1) is 8.74. The normalized spacial score (nSPS) is 18.2. The summed E-state index contributed by atoms with van der Waals surface area (Å²) < 4.78 is 12.0. The molecule has 0 spiro atoms. The molecule has 18 heavy (non-hydrogen) atoms. The second kappa shape index (κ2) is 4.03. The Hall–Kier alpha value is -2.01. The van der Waals surface area contributed by atoms with Crippen molar-refractivity contribution in [1.82, 2.24) is 4.57 Å². The zero-order valence-corrected chi connectivity index (χ0v) is 9.92. The molecule has 0 aliphatic carbocycles. The molecule has 0 radical (unpaired) electrons. The van der Waals surface area contributed by atoms with Gasteiger partial charge in [0.1, 0.15) is 11.8 Å². The summed E-state index contributed by atoms with van der Waals surface area (Å²) in [6.45, 7) is 0.390. The molecule has 0 bridgehead atoms. The Morgan fingerprint density at radius 3 is 3.06 bits per heavy atom. The van der Waals surface area contributed by atoms with E-state index in [9.17, 15) is 9.90 Å². The van der Waals surface area contributed by atoms with Crippen molar-refractivity contribution in [3.05, 3.63) is 29.8 Å². The van der Waals surface area contributed by atoms with Gasteiger partial charge in [-0.3, -0.25) is 4.57 Å². The second-order valence-electron chi connectivity index (χ2n) is 4.18. The van der Waals surface area contributed by atoms with Gasteiger partial charge in [0, 0.05) is 11.8 Å². The van der Waals surface area contributed by atoms with Crippen LogP contribution in [0.15, 0.2) is 24.3 Å². The van der Waals surface area contributed by atoms with Crippen molar-refractivity contribution in [3.63, 3.8) is 0 Å². The number of aliphatic hydroxyl groups is 1. The summed E-state index contributed by atoms with van der Waals surface area (Å²) in [4.78, 5) is 11.9. The number of methoxy groups -OCH3 is 1. The minimum atomic E-state index is -0.669. The lowest BCUT2D eigenvalue weighted by Crippen LogP contribution is -2.21. The van der Waals surface area contributed by atoms with Crippen molar-refractivity contribution >= 4 is 16.9 Å². The average molecular weight is 247 g/mol. The van der Waals surface area contributed by atoms with Gasteiger partial charge < -0.3 is 14.6 Å². The molecule has 1 aliphatic heterocycles. The third kappa shape index (κ3) is 1.41. The molecule has 0 saturated heterocycles. The molecule has 1 atom stereocenters. The Morgan fingerprint density at radius 1 is 1.50 bits per heavy atom. The van der Waals surface area contributed by atoms with Gasteiger partial charge in [0.2, 0.25) is 5.88 Å². The minimum absolute atomic E-state index is 0.381. The minimum Gasteiger partial charge on any atom is -0.478 e. The van der Waals surface area contributed by atoms with E-state index >= 15 is 0 Å². The summed E-state index contributed by atoms with van der Waals surface area (Å²) in [6.07, 6.45) is -0.163. The van der Waals surface area contributed by atoms with Gasteiger partial charge in [-0.15, -0.1) is 0 Å². The molecule has 0 fully saturated rings. The van der Waals surface area contributed by atoms with E-state index in [1.807, 2.05) is 24.3 Å². The summed E-state index contributed by atoms with van der Waals surface area (Å²) in [5.41, 5.74) is 1.16. The van der Waals surface area contributed by atoms with Gasteiger partial charge in [0.25, 0.3) is 0 Å². The van der Waals surface area contributed by atoms with Gasteiger partial charge in [-0.1, -0.05) is 18.2 Å². The predicted molar refractivity (Wildman–Crippen MR) is 64.6 cm³/mol. The fourth-order valence-electron chi connectivity index (χ4n) is 2.37. The maximum absolute atomic E-state index is 11.9. The number of carbonyl (C=O) groups is 1. The molecule has 0 amide bonds. The average Bonchev–Trinajstić information content (AvgIpc) is 2.73. The number of hydrogen-bond acceptors (Lipinski definition) is 4. The highest BCUT2D eigenvalue weighted by Gasteiger charge is 2.30. The van der Waals surface area contributed by atoms with Crippen molar-refractivity contribution < 1.29 is 19.4 Å². The maximum atomic E-state index is 11.9. The van der Waals surface area contributed by atoms with Crippen LogP contribution in [0.4, 0.5) is 0 Å². The molecule has 1 aromatic carbocycles. The quantitative estimate of drug-likeness (QED) is 0.779. The van der Waals surface area contributed by atoms with Gasteiger partial charge in [0.15, 0.2) is 0 Å². The predicted octanol–water partition coefficient (Wildman–Crippen LogP) is 1.70. The number of nitrogens with zero attached hydrogens (tertiary/aromatic N) is 1. The van der Waals surface area contributed by atoms with Crippen molar-refractivity contribution in [1.29, 1.82) is 0 Å². The van der Waals surface area contributed by atoms with Gasteiger partial charge >= 0.3 is 5.97 Å². The highest BCUT2D eigenvalue weighted by Crippen LogP contribution is 2.38. The third-order valence-corrected chi connectivity index (χ3v) is 3.17. The van der Waals surface area contributed by atoms with Crippen LogP contribution in [-0.2, 0) is 4.74 Å². The fraction of sp³-hybridized carbons (Fsp3) is 0.308. The largest absolute Gasteiger partial charge is 0.478 e. The molecule has 1 unspecified atom stereocenters. The molecule has 5 nitrogen and oxygen atoms in total. The van der Waals surface area contributed by atoms with Crippen LogP contribution in [0.1, 0.15) is 23.0 Å². The number of fused-ring (bicyclic) bond motifs is 3. The summed E-state index contributed by atoms with van der Waals surface area (Å²) in [7, 11) is 1.33. The van der Waals surface area contributed by atoms with Gasteiger partial charge in [0.05, 0.1) is 19.2 Å². The lowest BCUT2D eigenvalue weighted by Gasteiger charge is -2.23. The number of benzene rings is 1. The van der Waals surface area contributed by atoms with Crippen molar-refractivity contribution in [2.24, 2.45) is 0 Å². The Morgan fingerprint density at radius 2 is 2.28 bits per heavy atom. The summed E-state index contributed by atoms with van der Waals surface area (Å²) in [5, 5.41) is 10.8. The molecule has 1 N–H and O–H groups in total. The molecular weight excluding hydrogens is 234 g/mol. The summed E-state index contributed by atoms with van der Waals surface area (Å²) in [6, 6.07) is 7.37. The van der Waals surface area contributed by atoms with Crippen LogP contribution in [0, 0.1) is 0 Å². The SMILES string of the molecule is COC(=O)c1c2n(c3ccccc13)C(O)CCO2. The van der Waals surface area contributed by atoms with E-state index in [1.165, 1.54) is 7.11 Å². The van der Waals surface area contributed by atoms with Crippen LogP contribution in [0.25, 0.3) is 10.9 Å². The monoisotopic (exact) mass is 247 g/mol. The van der Waals surface area contributed by atoms with Crippen LogP contribution < -0.4 is 4.74 Å². The summed E-state index contributed by atoms with van der Waals surface area (Å²) >= 11 is 0. The Balaban J connectivity index is 2.37.